The van der Waals surface area contributed by atoms with Crippen molar-refractivity contribution < 1.29 is 17.9 Å². The lowest BCUT2D eigenvalue weighted by molar-refractivity contribution is -0.121. The van der Waals surface area contributed by atoms with Gasteiger partial charge in [-0.05, 0) is 61.9 Å². The van der Waals surface area contributed by atoms with Crippen molar-refractivity contribution in [3.05, 3.63) is 114 Å². The summed E-state index contributed by atoms with van der Waals surface area (Å²) in [6.07, 6.45) is 1.57. The van der Waals surface area contributed by atoms with Gasteiger partial charge in [0.1, 0.15) is 5.75 Å². The molecule has 8 nitrogen and oxygen atoms in total. The van der Waals surface area contributed by atoms with E-state index in [4.69, 9.17) is 4.74 Å². The molecule has 0 bridgehead atoms. The molecule has 0 spiro atoms. The number of para-hydroxylation sites is 1. The summed E-state index contributed by atoms with van der Waals surface area (Å²) in [6.45, 7) is 3.61. The van der Waals surface area contributed by atoms with Gasteiger partial charge in [-0.1, -0.05) is 48.5 Å². The van der Waals surface area contributed by atoms with Gasteiger partial charge in [0.05, 0.1) is 24.8 Å². The topological polar surface area (TPSA) is 93.0 Å². The second kappa shape index (κ2) is 11.9. The number of sulfonamides is 1. The van der Waals surface area contributed by atoms with Crippen LogP contribution in [0, 0.1) is 13.8 Å². The second-order valence-electron chi connectivity index (χ2n) is 8.72. The third-order valence-corrected chi connectivity index (χ3v) is 7.90. The Bertz CT molecular complexity index is 1510. The summed E-state index contributed by atoms with van der Waals surface area (Å²) < 4.78 is 35.3. The van der Waals surface area contributed by atoms with Crippen molar-refractivity contribution in [2.45, 2.75) is 25.3 Å². The highest BCUT2D eigenvalue weighted by Gasteiger charge is 2.27. The summed E-state index contributed by atoms with van der Waals surface area (Å²) in [5.41, 5.74) is 7.12. The number of hydrazone groups is 1. The number of nitrogens with zero attached hydrogens (tertiary/aromatic N) is 3. The molecule has 0 atom stereocenters. The van der Waals surface area contributed by atoms with Gasteiger partial charge < -0.3 is 9.30 Å². The first-order chi connectivity index (χ1) is 18.3. The van der Waals surface area contributed by atoms with E-state index >= 15 is 0 Å². The Morgan fingerprint density at radius 3 is 2.24 bits per heavy atom. The normalized spacial score (nSPS) is 11.7. The van der Waals surface area contributed by atoms with Gasteiger partial charge in [-0.25, -0.2) is 13.8 Å². The number of aromatic nitrogens is 1. The molecular weight excluding hydrogens is 500 g/mol. The molecule has 1 amide bonds. The van der Waals surface area contributed by atoms with Gasteiger partial charge in [-0.15, -0.1) is 0 Å². The van der Waals surface area contributed by atoms with Crippen LogP contribution in [0.5, 0.6) is 5.75 Å². The molecule has 4 rings (SSSR count). The number of hydrogen-bond donors (Lipinski definition) is 1. The molecule has 0 aliphatic heterocycles. The van der Waals surface area contributed by atoms with E-state index in [0.717, 1.165) is 32.5 Å². The SMILES string of the molecule is COc1ccc(S(=O)(=O)N(CC(=O)N/N=C\c2cc(C)n(-c3ccccc3)c2C)Cc2ccccc2)cc1. The molecule has 1 N–H and O–H groups in total. The minimum atomic E-state index is -3.97. The average molecular weight is 531 g/mol. The molecule has 0 unspecified atom stereocenters. The minimum absolute atomic E-state index is 0.0323. The van der Waals surface area contributed by atoms with Crippen LogP contribution in [0.15, 0.2) is 101 Å². The Morgan fingerprint density at radius 1 is 0.974 bits per heavy atom. The zero-order chi connectivity index (χ0) is 27.1. The number of carbonyl (C=O) groups is 1. The minimum Gasteiger partial charge on any atom is -0.497 e. The van der Waals surface area contributed by atoms with E-state index in [1.165, 1.54) is 19.2 Å². The maximum atomic E-state index is 13.5. The molecular formula is C29H30N4O4S. The molecule has 0 saturated heterocycles. The van der Waals surface area contributed by atoms with E-state index in [1.807, 2.05) is 80.6 Å². The van der Waals surface area contributed by atoms with Crippen LogP contribution >= 0.6 is 0 Å². The number of hydrogen-bond acceptors (Lipinski definition) is 5. The maximum absolute atomic E-state index is 13.5. The fourth-order valence-electron chi connectivity index (χ4n) is 4.17. The van der Waals surface area contributed by atoms with Crippen molar-refractivity contribution in [2.24, 2.45) is 5.10 Å². The number of nitrogens with one attached hydrogen (secondary N) is 1. The second-order valence-corrected chi connectivity index (χ2v) is 10.7. The Hall–Kier alpha value is -4.21. The quantitative estimate of drug-likeness (QED) is 0.242. The molecule has 0 radical (unpaired) electrons. The highest BCUT2D eigenvalue weighted by Crippen LogP contribution is 2.22. The highest BCUT2D eigenvalue weighted by molar-refractivity contribution is 7.89. The van der Waals surface area contributed by atoms with Crippen LogP contribution in [0.1, 0.15) is 22.5 Å². The lowest BCUT2D eigenvalue weighted by Crippen LogP contribution is -2.39. The van der Waals surface area contributed by atoms with E-state index in [2.05, 4.69) is 15.1 Å². The van der Waals surface area contributed by atoms with Gasteiger partial charge in [0.25, 0.3) is 5.91 Å². The van der Waals surface area contributed by atoms with Gasteiger partial charge >= 0.3 is 0 Å². The Kier molecular flexibility index (Phi) is 8.40. The Morgan fingerprint density at radius 2 is 1.61 bits per heavy atom. The van der Waals surface area contributed by atoms with Gasteiger partial charge in [0, 0.05) is 29.2 Å². The number of amides is 1. The third-order valence-electron chi connectivity index (χ3n) is 6.10. The summed E-state index contributed by atoms with van der Waals surface area (Å²) in [5.74, 6) is -0.0107. The van der Waals surface area contributed by atoms with Crippen LogP contribution in [0.4, 0.5) is 0 Å². The van der Waals surface area contributed by atoms with E-state index < -0.39 is 22.5 Å². The van der Waals surface area contributed by atoms with Crippen LogP contribution in [0.25, 0.3) is 5.69 Å². The predicted molar refractivity (Wildman–Crippen MR) is 148 cm³/mol. The molecule has 0 aliphatic rings. The number of carbonyl (C=O) groups excluding carboxylic acids is 1. The highest BCUT2D eigenvalue weighted by atomic mass is 32.2. The van der Waals surface area contributed by atoms with Crippen LogP contribution in [-0.2, 0) is 21.4 Å². The lowest BCUT2D eigenvalue weighted by Gasteiger charge is -2.21. The summed E-state index contributed by atoms with van der Waals surface area (Å²) >= 11 is 0. The molecule has 0 fully saturated rings. The Labute approximate surface area is 223 Å². The fraction of sp³-hybridized carbons (Fsp3) is 0.172. The largest absolute Gasteiger partial charge is 0.497 e. The average Bonchev–Trinajstić information content (AvgIpc) is 3.21. The standard InChI is InChI=1S/C29H30N4O4S/c1-22-18-25(23(2)33(22)26-12-8-5-9-13-26)19-30-31-29(34)21-32(20-24-10-6-4-7-11-24)38(35,36)28-16-14-27(37-3)15-17-28/h4-19H,20-21H2,1-3H3,(H,31,34)/b30-19-. The van der Waals surface area contributed by atoms with E-state index in [0.29, 0.717) is 5.75 Å². The van der Waals surface area contributed by atoms with Crippen molar-refractivity contribution in [1.82, 2.24) is 14.3 Å². The van der Waals surface area contributed by atoms with Crippen LogP contribution in [-0.4, -0.2) is 43.1 Å². The molecule has 1 heterocycles. The number of rotatable bonds is 10. The number of benzene rings is 3. The molecule has 4 aromatic rings. The first-order valence-corrected chi connectivity index (χ1v) is 13.5. The van der Waals surface area contributed by atoms with Crippen LogP contribution < -0.4 is 10.2 Å². The van der Waals surface area contributed by atoms with Crippen molar-refractivity contribution in [3.8, 4) is 11.4 Å². The molecule has 9 heteroatoms. The molecule has 196 valence electrons. The van der Waals surface area contributed by atoms with E-state index in [9.17, 15) is 13.2 Å². The molecule has 3 aromatic carbocycles. The number of ether oxygens (including phenoxy) is 1. The van der Waals surface area contributed by atoms with Gasteiger partial charge in [0.15, 0.2) is 0 Å². The summed E-state index contributed by atoms with van der Waals surface area (Å²) in [7, 11) is -2.47. The van der Waals surface area contributed by atoms with Crippen molar-refractivity contribution in [2.75, 3.05) is 13.7 Å². The molecule has 0 saturated carbocycles. The van der Waals surface area contributed by atoms with Crippen molar-refractivity contribution >= 4 is 22.1 Å². The van der Waals surface area contributed by atoms with Gasteiger partial charge in [-0.2, -0.15) is 9.41 Å². The molecule has 0 aliphatic carbocycles. The first-order valence-electron chi connectivity index (χ1n) is 12.0. The number of methoxy groups -OCH3 is 1. The zero-order valence-electron chi connectivity index (χ0n) is 21.5. The summed E-state index contributed by atoms with van der Waals surface area (Å²) in [4.78, 5) is 12.9. The Balaban J connectivity index is 1.51. The summed E-state index contributed by atoms with van der Waals surface area (Å²) in [6, 6.07) is 27.1. The van der Waals surface area contributed by atoms with Crippen LogP contribution in [0.2, 0.25) is 0 Å². The monoisotopic (exact) mass is 530 g/mol. The van der Waals surface area contributed by atoms with Crippen molar-refractivity contribution in [3.63, 3.8) is 0 Å². The smallest absolute Gasteiger partial charge is 0.255 e. The van der Waals surface area contributed by atoms with Crippen molar-refractivity contribution in [1.29, 1.82) is 0 Å². The third kappa shape index (κ3) is 6.19. The van der Waals surface area contributed by atoms with Gasteiger partial charge in [-0.3, -0.25) is 4.79 Å². The predicted octanol–water partition coefficient (Wildman–Crippen LogP) is 4.44. The summed E-state index contributed by atoms with van der Waals surface area (Å²) in [5, 5.41) is 4.11. The maximum Gasteiger partial charge on any atom is 0.255 e. The van der Waals surface area contributed by atoms with E-state index in [1.54, 1.807) is 18.3 Å². The van der Waals surface area contributed by atoms with Gasteiger partial charge in [0.2, 0.25) is 10.0 Å². The fourth-order valence-corrected chi connectivity index (χ4v) is 5.56. The molecule has 38 heavy (non-hydrogen) atoms. The lowest BCUT2D eigenvalue weighted by atomic mass is 10.2. The number of aryl methyl sites for hydroxylation is 1. The van der Waals surface area contributed by atoms with E-state index in [-0.39, 0.29) is 11.4 Å². The molecule has 1 aromatic heterocycles. The zero-order valence-corrected chi connectivity index (χ0v) is 22.4. The van der Waals surface area contributed by atoms with Crippen LogP contribution in [0.3, 0.4) is 0 Å². The first kappa shape index (κ1) is 26.8.